The zero-order chi connectivity index (χ0) is 8.48. The minimum atomic E-state index is 0. The van der Waals surface area contributed by atoms with Crippen LogP contribution >= 0.6 is 0 Å². The summed E-state index contributed by atoms with van der Waals surface area (Å²) in [7, 11) is 0. The molecule has 1 rings (SSSR count). The summed E-state index contributed by atoms with van der Waals surface area (Å²) in [6.45, 7) is 11.7. The second-order valence-corrected chi connectivity index (χ2v) is 4.15. The lowest BCUT2D eigenvalue weighted by Gasteiger charge is -2.27. The van der Waals surface area contributed by atoms with Crippen LogP contribution in [0.2, 0.25) is 0 Å². The maximum absolute atomic E-state index is 2.50. The zero-order valence-corrected chi connectivity index (χ0v) is 10.8. The van der Waals surface area contributed by atoms with Crippen LogP contribution in [0.25, 0.3) is 0 Å². The zero-order valence-electron chi connectivity index (χ0n) is 8.65. The number of hydrogen-bond acceptors (Lipinski definition) is 0. The van der Waals surface area contributed by atoms with Crippen molar-refractivity contribution in [2.75, 3.05) is 13.1 Å². The van der Waals surface area contributed by atoms with Crippen LogP contribution in [0.3, 0.4) is 0 Å². The smallest absolute Gasteiger partial charge is 0.154 e. The first kappa shape index (κ1) is 12.4. The summed E-state index contributed by atoms with van der Waals surface area (Å²) in [6.07, 6.45) is 2.72. The summed E-state index contributed by atoms with van der Waals surface area (Å²) in [5.41, 5.74) is 2.03. The van der Waals surface area contributed by atoms with Crippen molar-refractivity contribution in [3.8, 4) is 0 Å². The highest BCUT2D eigenvalue weighted by molar-refractivity contribution is 5.83. The summed E-state index contributed by atoms with van der Waals surface area (Å²) in [5, 5.41) is 0. The van der Waals surface area contributed by atoms with E-state index in [0.29, 0.717) is 5.41 Å². The van der Waals surface area contributed by atoms with Crippen LogP contribution < -0.4 is 24.0 Å². The highest BCUT2D eigenvalue weighted by Crippen LogP contribution is 2.27. The normalized spacial score (nSPS) is 22.0. The summed E-state index contributed by atoms with van der Waals surface area (Å²) in [6, 6.07) is 0. The van der Waals surface area contributed by atoms with Crippen molar-refractivity contribution in [2.24, 2.45) is 5.41 Å². The highest BCUT2D eigenvalue weighted by atomic mass is 127. The summed E-state index contributed by atoms with van der Waals surface area (Å²) in [5.74, 6) is 0. The van der Waals surface area contributed by atoms with E-state index in [1.165, 1.54) is 25.9 Å². The van der Waals surface area contributed by atoms with Crippen LogP contribution in [-0.4, -0.2) is 23.4 Å². The molecule has 0 aromatic carbocycles. The molecule has 0 atom stereocenters. The van der Waals surface area contributed by atoms with Gasteiger partial charge >= 0.3 is 0 Å². The predicted molar refractivity (Wildman–Crippen MR) is 49.4 cm³/mol. The van der Waals surface area contributed by atoms with E-state index in [2.05, 4.69) is 32.3 Å². The van der Waals surface area contributed by atoms with Crippen molar-refractivity contribution in [3.05, 3.63) is 0 Å². The van der Waals surface area contributed by atoms with Gasteiger partial charge in [0.05, 0.1) is 0 Å². The fourth-order valence-corrected chi connectivity index (χ4v) is 1.88. The molecular weight excluding hydrogens is 261 g/mol. The van der Waals surface area contributed by atoms with Crippen molar-refractivity contribution in [2.45, 2.75) is 40.5 Å². The molecule has 0 aromatic heterocycles. The van der Waals surface area contributed by atoms with Crippen molar-refractivity contribution in [3.63, 3.8) is 0 Å². The lowest BCUT2D eigenvalue weighted by molar-refractivity contribution is -0.534. The van der Waals surface area contributed by atoms with E-state index < -0.39 is 0 Å². The molecule has 0 fully saturated rings. The van der Waals surface area contributed by atoms with Crippen LogP contribution in [0.1, 0.15) is 40.5 Å². The summed E-state index contributed by atoms with van der Waals surface area (Å²) < 4.78 is 2.50. The highest BCUT2D eigenvalue weighted by Gasteiger charge is 2.32. The van der Waals surface area contributed by atoms with Crippen LogP contribution in [0.4, 0.5) is 0 Å². The third-order valence-electron chi connectivity index (χ3n) is 3.07. The first-order valence-corrected chi connectivity index (χ1v) is 4.67. The van der Waals surface area contributed by atoms with Crippen LogP contribution in [-0.2, 0) is 0 Å². The molecule has 0 spiro atoms. The van der Waals surface area contributed by atoms with Gasteiger partial charge in [0.1, 0.15) is 13.1 Å². The summed E-state index contributed by atoms with van der Waals surface area (Å²) in [4.78, 5) is 0. The molecule has 1 aliphatic heterocycles. The van der Waals surface area contributed by atoms with Gasteiger partial charge in [0.15, 0.2) is 5.71 Å². The van der Waals surface area contributed by atoms with E-state index in [1.54, 1.807) is 5.71 Å². The monoisotopic (exact) mass is 281 g/mol. The van der Waals surface area contributed by atoms with Crippen molar-refractivity contribution >= 4 is 5.71 Å². The Hall–Kier alpha value is 0.400. The Balaban J connectivity index is 0.00000121. The van der Waals surface area contributed by atoms with Crippen molar-refractivity contribution in [1.29, 1.82) is 0 Å². The average molecular weight is 281 g/mol. The molecule has 12 heavy (non-hydrogen) atoms. The maximum Gasteiger partial charge on any atom is 0.154 e. The minimum Gasteiger partial charge on any atom is -1.00 e. The molecule has 2 heteroatoms. The SMILES string of the molecule is CC[N+]1=C(C)C(C)(C)CCC1.[I-]. The molecule has 0 unspecified atom stereocenters. The number of hydrogen-bond donors (Lipinski definition) is 0. The molecule has 72 valence electrons. The Morgan fingerprint density at radius 2 is 2.00 bits per heavy atom. The molecular formula is C10H20IN. The number of nitrogens with zero attached hydrogens (tertiary/aromatic N) is 1. The number of rotatable bonds is 1. The molecule has 0 radical (unpaired) electrons. The Labute approximate surface area is 93.3 Å². The van der Waals surface area contributed by atoms with Gasteiger partial charge in [0.25, 0.3) is 0 Å². The van der Waals surface area contributed by atoms with Gasteiger partial charge in [-0.05, 0) is 13.3 Å². The van der Waals surface area contributed by atoms with Gasteiger partial charge in [-0.1, -0.05) is 13.8 Å². The van der Waals surface area contributed by atoms with Gasteiger partial charge in [-0.2, -0.15) is 0 Å². The average Bonchev–Trinajstić information content (AvgIpc) is 1.95. The van der Waals surface area contributed by atoms with Gasteiger partial charge in [-0.25, -0.2) is 4.58 Å². The van der Waals surface area contributed by atoms with Gasteiger partial charge in [0.2, 0.25) is 0 Å². The number of halogens is 1. The van der Waals surface area contributed by atoms with E-state index in [1.807, 2.05) is 0 Å². The molecule has 0 aromatic rings. The Morgan fingerprint density at radius 1 is 1.42 bits per heavy atom. The largest absolute Gasteiger partial charge is 1.00 e. The first-order valence-electron chi connectivity index (χ1n) is 4.67. The van der Waals surface area contributed by atoms with E-state index in [-0.39, 0.29) is 24.0 Å². The van der Waals surface area contributed by atoms with Crippen LogP contribution in [0, 0.1) is 5.41 Å². The molecule has 1 nitrogen and oxygen atoms in total. The Bertz CT molecular complexity index is 182. The molecule has 0 saturated carbocycles. The van der Waals surface area contributed by atoms with Crippen molar-refractivity contribution in [1.82, 2.24) is 0 Å². The third kappa shape index (κ3) is 2.44. The molecule has 0 saturated heterocycles. The van der Waals surface area contributed by atoms with Gasteiger partial charge < -0.3 is 24.0 Å². The standard InChI is InChI=1S/C10H20N.HI/c1-5-11-8-6-7-10(3,4)9(11)2;/h5-8H2,1-4H3;1H/q+1;/p-1. The lowest BCUT2D eigenvalue weighted by Crippen LogP contribution is -3.00. The fourth-order valence-electron chi connectivity index (χ4n) is 1.88. The molecule has 1 aliphatic rings. The topological polar surface area (TPSA) is 3.01 Å². The minimum absolute atomic E-state index is 0. The molecule has 0 amide bonds. The van der Waals surface area contributed by atoms with E-state index >= 15 is 0 Å². The second-order valence-electron chi connectivity index (χ2n) is 4.15. The predicted octanol–water partition coefficient (Wildman–Crippen LogP) is -0.696. The van der Waals surface area contributed by atoms with E-state index in [4.69, 9.17) is 0 Å². The molecule has 0 aliphatic carbocycles. The van der Waals surface area contributed by atoms with E-state index in [0.717, 1.165) is 0 Å². The third-order valence-corrected chi connectivity index (χ3v) is 3.07. The fraction of sp³-hybridized carbons (Fsp3) is 0.900. The van der Waals surface area contributed by atoms with E-state index in [9.17, 15) is 0 Å². The van der Waals surface area contributed by atoms with Gasteiger partial charge in [-0.3, -0.25) is 0 Å². The molecule has 0 N–H and O–H groups in total. The molecule has 0 bridgehead atoms. The van der Waals surface area contributed by atoms with Gasteiger partial charge in [-0.15, -0.1) is 0 Å². The maximum atomic E-state index is 2.50. The second kappa shape index (κ2) is 4.58. The van der Waals surface area contributed by atoms with Crippen LogP contribution in [0.5, 0.6) is 0 Å². The van der Waals surface area contributed by atoms with Gasteiger partial charge in [0, 0.05) is 18.8 Å². The Morgan fingerprint density at radius 3 is 2.42 bits per heavy atom. The quantitative estimate of drug-likeness (QED) is 0.442. The first-order chi connectivity index (χ1) is 5.08. The lowest BCUT2D eigenvalue weighted by atomic mass is 9.81. The van der Waals surface area contributed by atoms with Crippen molar-refractivity contribution < 1.29 is 28.6 Å². The van der Waals surface area contributed by atoms with Crippen LogP contribution in [0.15, 0.2) is 0 Å². The molecule has 1 heterocycles. The Kier molecular flexibility index (Phi) is 4.74. The summed E-state index contributed by atoms with van der Waals surface area (Å²) >= 11 is 0.